The fourth-order valence-corrected chi connectivity index (χ4v) is 3.84. The van der Waals surface area contributed by atoms with E-state index in [-0.39, 0.29) is 25.6 Å². The first-order chi connectivity index (χ1) is 16.9. The van der Waals surface area contributed by atoms with Crippen molar-refractivity contribution in [2.75, 3.05) is 26.1 Å². The maximum absolute atomic E-state index is 14.3. The summed E-state index contributed by atoms with van der Waals surface area (Å²) in [7, 11) is 1.48. The number of hydrogen-bond acceptors (Lipinski definition) is 11. The minimum absolute atomic E-state index is 0.122. The van der Waals surface area contributed by atoms with Crippen LogP contribution >= 0.6 is 0 Å². The van der Waals surface area contributed by atoms with Crippen LogP contribution in [-0.4, -0.2) is 62.4 Å². The molecule has 11 nitrogen and oxygen atoms in total. The molecule has 0 aliphatic carbocycles. The second-order valence-electron chi connectivity index (χ2n) is 7.94. The van der Waals surface area contributed by atoms with Gasteiger partial charge in [-0.05, 0) is 24.6 Å². The highest BCUT2D eigenvalue weighted by atomic mass is 19.1. The number of hydrogen-bond donors (Lipinski definition) is 4. The molecule has 1 aromatic carbocycles. The van der Waals surface area contributed by atoms with Crippen molar-refractivity contribution in [2.24, 2.45) is 4.99 Å². The summed E-state index contributed by atoms with van der Waals surface area (Å²) in [4.78, 5) is 27.5. The highest BCUT2D eigenvalue weighted by Crippen LogP contribution is 2.36. The number of anilines is 1. The third-order valence-corrected chi connectivity index (χ3v) is 5.50. The molecule has 3 heterocycles. The van der Waals surface area contributed by atoms with Gasteiger partial charge in [0.05, 0.1) is 67.5 Å². The third-order valence-electron chi connectivity index (χ3n) is 5.50. The SMILES string of the molecule is COc1cncc(-c2cc(F)ccc2[C@@H]2Cc3nc(N)nc(C)c3C(NOCC[C@@H](O)CO)=N2)n1. The summed E-state index contributed by atoms with van der Waals surface area (Å²) in [5.74, 6) is 0.373. The van der Waals surface area contributed by atoms with E-state index in [0.29, 0.717) is 51.9 Å². The molecule has 2 atom stereocenters. The van der Waals surface area contributed by atoms with Crippen LogP contribution in [0.15, 0.2) is 35.6 Å². The molecule has 5 N–H and O–H groups in total. The number of methoxy groups -OCH3 is 1. The summed E-state index contributed by atoms with van der Waals surface area (Å²) in [6.07, 6.45) is 2.71. The monoisotopic (exact) mass is 483 g/mol. The number of nitrogens with zero attached hydrogens (tertiary/aromatic N) is 5. The fraction of sp³-hybridized carbons (Fsp3) is 0.348. The van der Waals surface area contributed by atoms with Crippen molar-refractivity contribution in [1.29, 1.82) is 0 Å². The molecule has 1 aliphatic rings. The van der Waals surface area contributed by atoms with E-state index >= 15 is 0 Å². The Kier molecular flexibility index (Phi) is 7.44. The lowest BCUT2D eigenvalue weighted by atomic mass is 9.91. The van der Waals surface area contributed by atoms with Gasteiger partial charge in [0.15, 0.2) is 5.84 Å². The van der Waals surface area contributed by atoms with E-state index in [4.69, 9.17) is 25.4 Å². The standard InChI is InChI=1S/C23H26FN7O4/c1-12-21-18(30-23(25)27-12)8-17(29-22(21)31-35-6-5-14(33)11-32)15-4-3-13(24)7-16(15)19-9-26-10-20(28-19)34-2/h3-4,7,9-10,14,17,32-33H,5-6,8,11H2,1-2H3,(H,29,31)(H2,25,27,30)/t14-,17+/m1/s1. The van der Waals surface area contributed by atoms with Crippen LogP contribution in [0.25, 0.3) is 11.3 Å². The van der Waals surface area contributed by atoms with Gasteiger partial charge in [0.25, 0.3) is 0 Å². The van der Waals surface area contributed by atoms with Crippen molar-refractivity contribution in [3.8, 4) is 17.1 Å². The molecule has 12 heteroatoms. The Morgan fingerprint density at radius 3 is 2.86 bits per heavy atom. The number of nitrogens with two attached hydrogens (primary N) is 1. The summed E-state index contributed by atoms with van der Waals surface area (Å²) < 4.78 is 19.5. The van der Waals surface area contributed by atoms with Crippen molar-refractivity contribution >= 4 is 11.8 Å². The number of aliphatic hydroxyl groups is 2. The van der Waals surface area contributed by atoms with Gasteiger partial charge in [-0.1, -0.05) is 6.07 Å². The summed E-state index contributed by atoms with van der Waals surface area (Å²) in [6, 6.07) is 3.91. The van der Waals surface area contributed by atoms with Crippen LogP contribution in [0, 0.1) is 12.7 Å². The molecule has 0 amide bonds. The number of aliphatic hydroxyl groups excluding tert-OH is 2. The van der Waals surface area contributed by atoms with Crippen LogP contribution in [-0.2, 0) is 11.3 Å². The van der Waals surface area contributed by atoms with E-state index in [1.807, 2.05) is 0 Å². The lowest BCUT2D eigenvalue weighted by molar-refractivity contribution is 0.0287. The van der Waals surface area contributed by atoms with Crippen molar-refractivity contribution in [3.63, 3.8) is 0 Å². The first-order valence-corrected chi connectivity index (χ1v) is 10.9. The maximum atomic E-state index is 14.3. The Morgan fingerprint density at radius 2 is 2.09 bits per heavy atom. The van der Waals surface area contributed by atoms with E-state index in [9.17, 15) is 9.50 Å². The molecule has 2 aromatic heterocycles. The van der Waals surface area contributed by atoms with Crippen molar-refractivity contribution in [1.82, 2.24) is 25.4 Å². The summed E-state index contributed by atoms with van der Waals surface area (Å²) >= 11 is 0. The van der Waals surface area contributed by atoms with Gasteiger partial charge in [-0.25, -0.2) is 24.8 Å². The lowest BCUT2D eigenvalue weighted by Gasteiger charge is -2.26. The zero-order valence-electron chi connectivity index (χ0n) is 19.3. The number of hydroxylamine groups is 1. The highest BCUT2D eigenvalue weighted by molar-refractivity contribution is 6.01. The van der Waals surface area contributed by atoms with E-state index < -0.39 is 18.0 Å². The van der Waals surface area contributed by atoms with Crippen molar-refractivity contribution in [2.45, 2.75) is 31.9 Å². The van der Waals surface area contributed by atoms with Gasteiger partial charge in [0.1, 0.15) is 5.82 Å². The largest absolute Gasteiger partial charge is 0.480 e. The molecule has 3 aromatic rings. The van der Waals surface area contributed by atoms with E-state index in [1.165, 1.54) is 31.6 Å². The first-order valence-electron chi connectivity index (χ1n) is 10.9. The van der Waals surface area contributed by atoms with Gasteiger partial charge in [-0.3, -0.25) is 14.8 Å². The normalized spacial score (nSPS) is 15.8. The molecule has 4 rings (SSSR count). The molecule has 0 unspecified atom stereocenters. The predicted molar refractivity (Wildman–Crippen MR) is 125 cm³/mol. The van der Waals surface area contributed by atoms with E-state index in [0.717, 1.165) is 0 Å². The molecule has 0 spiro atoms. The third kappa shape index (κ3) is 5.50. The Labute approximate surface area is 200 Å². The van der Waals surface area contributed by atoms with Crippen LogP contribution in [0.2, 0.25) is 0 Å². The Balaban J connectivity index is 1.73. The van der Waals surface area contributed by atoms with Gasteiger partial charge in [0, 0.05) is 18.4 Å². The fourth-order valence-electron chi connectivity index (χ4n) is 3.84. The average Bonchev–Trinajstić information content (AvgIpc) is 2.85. The van der Waals surface area contributed by atoms with E-state index in [2.05, 4.69) is 25.4 Å². The lowest BCUT2D eigenvalue weighted by Crippen LogP contribution is -2.33. The number of halogens is 1. The number of nitrogen functional groups attached to an aromatic ring is 1. The van der Waals surface area contributed by atoms with Crippen LogP contribution in [0.3, 0.4) is 0 Å². The minimum Gasteiger partial charge on any atom is -0.480 e. The van der Waals surface area contributed by atoms with Crippen LogP contribution in [0.1, 0.15) is 35.0 Å². The molecule has 1 aliphatic heterocycles. The van der Waals surface area contributed by atoms with Gasteiger partial charge < -0.3 is 20.7 Å². The first kappa shape index (κ1) is 24.4. The maximum Gasteiger partial charge on any atom is 0.232 e. The quantitative estimate of drug-likeness (QED) is 0.271. The molecular weight excluding hydrogens is 457 g/mol. The minimum atomic E-state index is -0.888. The van der Waals surface area contributed by atoms with Crippen LogP contribution in [0.4, 0.5) is 10.3 Å². The molecule has 0 bridgehead atoms. The summed E-state index contributed by atoms with van der Waals surface area (Å²) in [6.45, 7) is 1.55. The van der Waals surface area contributed by atoms with Gasteiger partial charge >= 0.3 is 0 Å². The number of nitrogens with one attached hydrogen (secondary N) is 1. The number of aryl methyl sites for hydroxylation is 1. The molecule has 35 heavy (non-hydrogen) atoms. The molecular formula is C23H26FN7O4. The van der Waals surface area contributed by atoms with Crippen LogP contribution in [0.5, 0.6) is 5.88 Å². The Bertz CT molecular complexity index is 1240. The average molecular weight is 484 g/mol. The van der Waals surface area contributed by atoms with Crippen molar-refractivity contribution in [3.05, 3.63) is 58.9 Å². The van der Waals surface area contributed by atoms with E-state index in [1.54, 1.807) is 13.0 Å². The molecule has 0 saturated carbocycles. The highest BCUT2D eigenvalue weighted by Gasteiger charge is 2.29. The van der Waals surface area contributed by atoms with Gasteiger partial charge in [0.2, 0.25) is 11.8 Å². The Hall–Kier alpha value is -3.74. The van der Waals surface area contributed by atoms with Crippen molar-refractivity contribution < 1.29 is 24.2 Å². The number of fused-ring (bicyclic) bond motifs is 1. The summed E-state index contributed by atoms with van der Waals surface area (Å²) in [5.41, 5.74) is 12.3. The van der Waals surface area contributed by atoms with Gasteiger partial charge in [-0.15, -0.1) is 0 Å². The number of aliphatic imine (C=N–C) groups is 1. The Morgan fingerprint density at radius 1 is 1.26 bits per heavy atom. The van der Waals surface area contributed by atoms with Gasteiger partial charge in [-0.2, -0.15) is 0 Å². The summed E-state index contributed by atoms with van der Waals surface area (Å²) in [5, 5.41) is 18.5. The molecule has 0 fully saturated rings. The second-order valence-corrected chi connectivity index (χ2v) is 7.94. The zero-order valence-corrected chi connectivity index (χ0v) is 19.3. The number of ether oxygens (including phenoxy) is 1. The topological polar surface area (TPSA) is 161 Å². The van der Waals surface area contributed by atoms with Crippen LogP contribution < -0.4 is 16.0 Å². The number of benzene rings is 1. The molecule has 0 radical (unpaired) electrons. The number of amidine groups is 1. The smallest absolute Gasteiger partial charge is 0.232 e. The molecule has 184 valence electrons. The molecule has 0 saturated heterocycles. The number of aromatic nitrogens is 4. The zero-order chi connectivity index (χ0) is 24.9. The second kappa shape index (κ2) is 10.7. The predicted octanol–water partition coefficient (Wildman–Crippen LogP) is 1.28. The number of rotatable bonds is 8.